The van der Waals surface area contributed by atoms with Gasteiger partial charge in [0.15, 0.2) is 0 Å². The van der Waals surface area contributed by atoms with Crippen LogP contribution in [0.2, 0.25) is 0 Å². The first-order chi connectivity index (χ1) is 14.7. The molecule has 1 nitrogen and oxygen atoms in total. The van der Waals surface area contributed by atoms with Gasteiger partial charge < -0.3 is 0 Å². The summed E-state index contributed by atoms with van der Waals surface area (Å²) in [6, 6.07) is 16.4. The molecule has 0 spiro atoms. The van der Waals surface area contributed by atoms with Gasteiger partial charge in [0.05, 0.1) is 0 Å². The van der Waals surface area contributed by atoms with Crippen LogP contribution in [0.4, 0.5) is 0 Å². The number of rotatable bonds is 6. The van der Waals surface area contributed by atoms with E-state index in [4.69, 9.17) is 0 Å². The van der Waals surface area contributed by atoms with E-state index in [9.17, 15) is 0 Å². The van der Waals surface area contributed by atoms with Gasteiger partial charge in [-0.2, -0.15) is 0 Å². The zero-order valence-electron chi connectivity index (χ0n) is 18.9. The van der Waals surface area contributed by atoms with Crippen molar-refractivity contribution in [1.82, 2.24) is 4.90 Å². The van der Waals surface area contributed by atoms with Gasteiger partial charge in [0.1, 0.15) is 0 Å². The van der Waals surface area contributed by atoms with Gasteiger partial charge in [-0.3, -0.25) is 4.90 Å². The lowest BCUT2D eigenvalue weighted by Crippen LogP contribution is -2.22. The second kappa shape index (κ2) is 7.71. The van der Waals surface area contributed by atoms with Gasteiger partial charge in [-0.1, -0.05) is 64.1 Å². The Morgan fingerprint density at radius 1 is 0.700 bits per heavy atom. The van der Waals surface area contributed by atoms with Gasteiger partial charge in [0.2, 0.25) is 0 Å². The second-order valence-corrected chi connectivity index (χ2v) is 8.83. The molecular weight excluding hydrogens is 362 g/mol. The van der Waals surface area contributed by atoms with Crippen molar-refractivity contribution < 1.29 is 0 Å². The lowest BCUT2D eigenvalue weighted by atomic mass is 9.84. The minimum Gasteiger partial charge on any atom is -0.300 e. The van der Waals surface area contributed by atoms with Crippen LogP contribution in [0.3, 0.4) is 0 Å². The van der Waals surface area contributed by atoms with Crippen molar-refractivity contribution in [2.75, 3.05) is 13.1 Å². The molecule has 2 aliphatic carbocycles. The molecule has 3 aromatic carbocycles. The lowest BCUT2D eigenvalue weighted by molar-refractivity contribution is 0.296. The molecule has 0 heterocycles. The fourth-order valence-corrected chi connectivity index (χ4v) is 5.90. The van der Waals surface area contributed by atoms with Crippen molar-refractivity contribution >= 4 is 0 Å². The highest BCUT2D eigenvalue weighted by Gasteiger charge is 2.32. The van der Waals surface area contributed by atoms with Crippen LogP contribution in [-0.2, 0) is 32.2 Å². The average Bonchev–Trinajstić information content (AvgIpc) is 3.35. The normalized spacial score (nSPS) is 13.4. The molecule has 0 unspecified atom stereocenters. The third kappa shape index (κ3) is 2.87. The van der Waals surface area contributed by atoms with Crippen molar-refractivity contribution in [1.29, 1.82) is 0 Å². The van der Waals surface area contributed by atoms with Crippen LogP contribution in [0, 0.1) is 0 Å². The molecule has 0 aliphatic heterocycles. The van der Waals surface area contributed by atoms with E-state index in [1.165, 1.54) is 27.8 Å². The molecular formula is C29H33N. The third-order valence-electron chi connectivity index (χ3n) is 7.41. The number of hydrogen-bond donors (Lipinski definition) is 0. The van der Waals surface area contributed by atoms with Crippen LogP contribution < -0.4 is 0 Å². The molecule has 0 fully saturated rings. The van der Waals surface area contributed by atoms with E-state index in [-0.39, 0.29) is 0 Å². The lowest BCUT2D eigenvalue weighted by Gasteiger charge is -2.21. The van der Waals surface area contributed by atoms with Crippen LogP contribution in [0.1, 0.15) is 66.6 Å². The summed E-state index contributed by atoms with van der Waals surface area (Å²) in [4.78, 5) is 2.51. The summed E-state index contributed by atoms with van der Waals surface area (Å²) in [7, 11) is 0. The predicted octanol–water partition coefficient (Wildman–Crippen LogP) is 6.80. The minimum absolute atomic E-state index is 1.05. The van der Waals surface area contributed by atoms with Crippen LogP contribution in [0.15, 0.2) is 42.5 Å². The summed E-state index contributed by atoms with van der Waals surface area (Å²) in [5.41, 5.74) is 17.1. The van der Waals surface area contributed by atoms with Gasteiger partial charge in [-0.15, -0.1) is 0 Å². The van der Waals surface area contributed by atoms with E-state index in [1.54, 1.807) is 33.4 Å². The Balaban J connectivity index is 1.70. The fraction of sp³-hybridized carbons (Fsp3) is 0.379. The van der Waals surface area contributed by atoms with E-state index < -0.39 is 0 Å². The van der Waals surface area contributed by atoms with Crippen LogP contribution in [0.5, 0.6) is 0 Å². The van der Waals surface area contributed by atoms with Crippen molar-refractivity contribution in [3.63, 3.8) is 0 Å². The Labute approximate surface area is 181 Å². The highest BCUT2D eigenvalue weighted by molar-refractivity contribution is 5.91. The quantitative estimate of drug-likeness (QED) is 0.306. The summed E-state index contributed by atoms with van der Waals surface area (Å²) in [6.07, 6.45) is 4.43. The number of nitrogens with zero attached hydrogens (tertiary/aromatic N) is 1. The zero-order chi connectivity index (χ0) is 20.8. The minimum atomic E-state index is 1.05. The first-order valence-corrected chi connectivity index (χ1v) is 11.8. The molecule has 30 heavy (non-hydrogen) atoms. The molecule has 1 heteroatoms. The SMILES string of the molecule is CCc1c(CC)c2c(c3c1-c1ccccc1C3)Cc1ccc(CN(CC)CC)cc1-2. The standard InChI is InChI=1S/C29H33N/c1-5-22-23(6-2)29-25-15-19(18-30(7-3)8-4)13-14-21(25)17-27(29)26-16-20-11-9-10-12-24(20)28(22)26/h9-15H,5-8,16-18H2,1-4H3. The van der Waals surface area contributed by atoms with Gasteiger partial charge >= 0.3 is 0 Å². The smallest absolute Gasteiger partial charge is 0.0233 e. The monoisotopic (exact) mass is 395 g/mol. The van der Waals surface area contributed by atoms with Crippen molar-refractivity contribution in [2.45, 2.75) is 59.9 Å². The number of fused-ring (bicyclic) bond motifs is 7. The van der Waals surface area contributed by atoms with E-state index in [2.05, 4.69) is 75.1 Å². The molecule has 0 amide bonds. The van der Waals surface area contributed by atoms with E-state index in [0.29, 0.717) is 0 Å². The van der Waals surface area contributed by atoms with Gasteiger partial charge in [0, 0.05) is 6.54 Å². The highest BCUT2D eigenvalue weighted by Crippen LogP contribution is 2.51. The molecule has 3 aromatic rings. The topological polar surface area (TPSA) is 3.24 Å². The molecule has 0 radical (unpaired) electrons. The van der Waals surface area contributed by atoms with Crippen LogP contribution >= 0.6 is 0 Å². The summed E-state index contributed by atoms with van der Waals surface area (Å²) >= 11 is 0. The molecule has 154 valence electrons. The fourth-order valence-electron chi connectivity index (χ4n) is 5.90. The van der Waals surface area contributed by atoms with E-state index >= 15 is 0 Å². The van der Waals surface area contributed by atoms with Crippen LogP contribution in [-0.4, -0.2) is 18.0 Å². The van der Waals surface area contributed by atoms with Gasteiger partial charge in [-0.05, 0) is 106 Å². The van der Waals surface area contributed by atoms with Crippen molar-refractivity contribution in [3.8, 4) is 22.3 Å². The summed E-state index contributed by atoms with van der Waals surface area (Å²) < 4.78 is 0. The maximum Gasteiger partial charge on any atom is 0.0233 e. The number of benzene rings is 3. The molecule has 2 aliphatic rings. The molecule has 0 N–H and O–H groups in total. The molecule has 0 aromatic heterocycles. The third-order valence-corrected chi connectivity index (χ3v) is 7.41. The predicted molar refractivity (Wildman–Crippen MR) is 128 cm³/mol. The Bertz CT molecular complexity index is 1120. The summed E-state index contributed by atoms with van der Waals surface area (Å²) in [5.74, 6) is 0. The molecule has 0 saturated heterocycles. The van der Waals surface area contributed by atoms with Crippen molar-refractivity contribution in [2.24, 2.45) is 0 Å². The maximum atomic E-state index is 2.51. The van der Waals surface area contributed by atoms with Gasteiger partial charge in [-0.25, -0.2) is 0 Å². The first-order valence-electron chi connectivity index (χ1n) is 11.8. The van der Waals surface area contributed by atoms with E-state index in [0.717, 1.165) is 45.3 Å². The summed E-state index contributed by atoms with van der Waals surface area (Å²) in [6.45, 7) is 12.5. The Morgan fingerprint density at radius 3 is 1.93 bits per heavy atom. The number of hydrogen-bond acceptors (Lipinski definition) is 1. The first kappa shape index (κ1) is 19.6. The van der Waals surface area contributed by atoms with Crippen LogP contribution in [0.25, 0.3) is 22.3 Å². The van der Waals surface area contributed by atoms with Gasteiger partial charge in [0.25, 0.3) is 0 Å². The summed E-state index contributed by atoms with van der Waals surface area (Å²) in [5, 5.41) is 0. The van der Waals surface area contributed by atoms with Crippen molar-refractivity contribution in [3.05, 3.63) is 81.4 Å². The Morgan fingerprint density at radius 2 is 1.30 bits per heavy atom. The zero-order valence-corrected chi connectivity index (χ0v) is 18.9. The molecule has 0 bridgehead atoms. The molecule has 0 atom stereocenters. The largest absolute Gasteiger partial charge is 0.300 e. The molecule has 0 saturated carbocycles. The second-order valence-electron chi connectivity index (χ2n) is 8.83. The Kier molecular flexibility index (Phi) is 5.03. The highest BCUT2D eigenvalue weighted by atomic mass is 15.1. The molecule has 5 rings (SSSR count). The average molecular weight is 396 g/mol. The maximum absolute atomic E-state index is 2.51. The Hall–Kier alpha value is -2.38. The van der Waals surface area contributed by atoms with E-state index in [1.807, 2.05) is 0 Å².